The Bertz CT molecular complexity index is 1100. The van der Waals surface area contributed by atoms with Crippen LogP contribution < -0.4 is 5.32 Å². The first-order chi connectivity index (χ1) is 14.7. The zero-order chi connectivity index (χ0) is 21.8. The molecule has 1 spiro atoms. The van der Waals surface area contributed by atoms with E-state index in [2.05, 4.69) is 17.5 Å². The Morgan fingerprint density at radius 2 is 1.94 bits per heavy atom. The van der Waals surface area contributed by atoms with Gasteiger partial charge in [0.05, 0.1) is 17.8 Å². The van der Waals surface area contributed by atoms with E-state index < -0.39 is 11.7 Å². The Kier molecular flexibility index (Phi) is 4.74. The van der Waals surface area contributed by atoms with Crippen molar-refractivity contribution in [1.82, 2.24) is 0 Å². The van der Waals surface area contributed by atoms with Gasteiger partial charge in [0, 0.05) is 18.5 Å². The number of anilines is 1. The van der Waals surface area contributed by atoms with E-state index in [0.717, 1.165) is 58.8 Å². The predicted molar refractivity (Wildman–Crippen MR) is 113 cm³/mol. The molecule has 162 valence electrons. The van der Waals surface area contributed by atoms with Gasteiger partial charge in [0.15, 0.2) is 0 Å². The van der Waals surface area contributed by atoms with Gasteiger partial charge in [-0.25, -0.2) is 0 Å². The number of amides is 1. The standard InChI is InChI=1S/C25H24F3NO2/c1-15-9-16(21-5-6-23(30)29-22(21)10-15)11-17-13-24(7-2-8-24)31-14-18-12-19(25(26,27)28)3-4-20(17)18/h3-4,9-12H,2,5-8,13-14H2,1H3,(H,29,30)/b17-11+. The number of hydrogen-bond acceptors (Lipinski definition) is 2. The van der Waals surface area contributed by atoms with Crippen LogP contribution >= 0.6 is 0 Å². The van der Waals surface area contributed by atoms with E-state index in [0.29, 0.717) is 24.8 Å². The first kappa shape index (κ1) is 20.3. The summed E-state index contributed by atoms with van der Waals surface area (Å²) in [4.78, 5) is 11.9. The van der Waals surface area contributed by atoms with Gasteiger partial charge in [-0.3, -0.25) is 4.79 Å². The van der Waals surface area contributed by atoms with Crippen molar-refractivity contribution in [2.45, 2.75) is 63.8 Å². The number of carbonyl (C=O) groups is 1. The third-order valence-corrected chi connectivity index (χ3v) is 6.72. The van der Waals surface area contributed by atoms with Crippen LogP contribution in [0.5, 0.6) is 0 Å². The lowest BCUT2D eigenvalue weighted by atomic mass is 9.74. The van der Waals surface area contributed by atoms with E-state index in [4.69, 9.17) is 4.74 Å². The highest BCUT2D eigenvalue weighted by molar-refractivity contribution is 5.96. The number of nitrogens with one attached hydrogen (secondary N) is 1. The second-order valence-corrected chi connectivity index (χ2v) is 8.97. The van der Waals surface area contributed by atoms with Gasteiger partial charge in [-0.2, -0.15) is 13.2 Å². The van der Waals surface area contributed by atoms with Crippen LogP contribution in [0.25, 0.3) is 11.6 Å². The lowest BCUT2D eigenvalue weighted by molar-refractivity contribution is -0.137. The SMILES string of the molecule is Cc1cc(/C=C2\CC3(CCC3)OCc3cc(C(F)(F)F)ccc32)c2c(c1)NC(=O)CC2. The predicted octanol–water partition coefficient (Wildman–Crippen LogP) is 6.28. The van der Waals surface area contributed by atoms with Gasteiger partial charge in [-0.1, -0.05) is 18.2 Å². The van der Waals surface area contributed by atoms with E-state index in [-0.39, 0.29) is 18.1 Å². The first-order valence-electron chi connectivity index (χ1n) is 10.7. The number of halogens is 3. The van der Waals surface area contributed by atoms with Crippen molar-refractivity contribution in [3.8, 4) is 0 Å². The topological polar surface area (TPSA) is 38.3 Å². The molecule has 1 fully saturated rings. The smallest absolute Gasteiger partial charge is 0.370 e. The minimum Gasteiger partial charge on any atom is -0.370 e. The molecule has 2 heterocycles. The molecule has 1 aliphatic carbocycles. The molecule has 0 radical (unpaired) electrons. The van der Waals surface area contributed by atoms with E-state index >= 15 is 0 Å². The maximum Gasteiger partial charge on any atom is 0.416 e. The van der Waals surface area contributed by atoms with Gasteiger partial charge in [0.1, 0.15) is 0 Å². The largest absolute Gasteiger partial charge is 0.416 e. The summed E-state index contributed by atoms with van der Waals surface area (Å²) < 4.78 is 46.1. The van der Waals surface area contributed by atoms with E-state index in [1.807, 2.05) is 13.0 Å². The number of rotatable bonds is 1. The van der Waals surface area contributed by atoms with Gasteiger partial charge >= 0.3 is 6.18 Å². The van der Waals surface area contributed by atoms with Crippen LogP contribution in [0.15, 0.2) is 30.3 Å². The molecular weight excluding hydrogens is 403 g/mol. The van der Waals surface area contributed by atoms with Crippen molar-refractivity contribution in [1.29, 1.82) is 0 Å². The van der Waals surface area contributed by atoms with Crippen LogP contribution in [0, 0.1) is 6.92 Å². The summed E-state index contributed by atoms with van der Waals surface area (Å²) in [5, 5.41) is 2.95. The zero-order valence-electron chi connectivity index (χ0n) is 17.4. The summed E-state index contributed by atoms with van der Waals surface area (Å²) in [5.41, 5.74) is 5.45. The fourth-order valence-corrected chi connectivity index (χ4v) is 4.95. The van der Waals surface area contributed by atoms with Crippen molar-refractivity contribution >= 4 is 23.2 Å². The van der Waals surface area contributed by atoms with Crippen LogP contribution in [-0.2, 0) is 28.7 Å². The monoisotopic (exact) mass is 427 g/mol. The molecule has 1 saturated carbocycles. The quantitative estimate of drug-likeness (QED) is 0.582. The number of carbonyl (C=O) groups excluding carboxylic acids is 1. The number of fused-ring (bicyclic) bond motifs is 2. The fourth-order valence-electron chi connectivity index (χ4n) is 4.95. The van der Waals surface area contributed by atoms with Crippen LogP contribution in [0.4, 0.5) is 18.9 Å². The normalized spacial score (nSPS) is 21.2. The molecule has 2 aromatic rings. The van der Waals surface area contributed by atoms with E-state index in [9.17, 15) is 18.0 Å². The summed E-state index contributed by atoms with van der Waals surface area (Å²) in [6, 6.07) is 8.05. The average Bonchev–Trinajstić information content (AvgIpc) is 2.84. The van der Waals surface area contributed by atoms with E-state index in [1.165, 1.54) is 6.07 Å². The molecule has 0 aromatic heterocycles. The summed E-state index contributed by atoms with van der Waals surface area (Å²) in [6.07, 6.45) is 2.41. The Hall–Kier alpha value is -2.60. The third kappa shape index (κ3) is 3.78. The molecule has 5 rings (SSSR count). The Morgan fingerprint density at radius 3 is 2.65 bits per heavy atom. The highest BCUT2D eigenvalue weighted by atomic mass is 19.4. The number of aryl methyl sites for hydroxylation is 1. The van der Waals surface area contributed by atoms with E-state index in [1.54, 1.807) is 6.07 Å². The lowest BCUT2D eigenvalue weighted by Gasteiger charge is -2.41. The summed E-state index contributed by atoms with van der Waals surface area (Å²) in [6.45, 7) is 2.18. The molecule has 0 unspecified atom stereocenters. The highest BCUT2D eigenvalue weighted by Gasteiger charge is 2.41. The van der Waals surface area contributed by atoms with Crippen LogP contribution in [-0.4, -0.2) is 11.5 Å². The fraction of sp³-hybridized carbons (Fsp3) is 0.400. The minimum atomic E-state index is -4.38. The van der Waals surface area contributed by atoms with Gasteiger partial charge in [0.2, 0.25) is 5.91 Å². The number of ether oxygens (including phenoxy) is 1. The molecule has 0 bridgehead atoms. The van der Waals surface area contributed by atoms with Gasteiger partial charge < -0.3 is 10.1 Å². The maximum absolute atomic E-state index is 13.3. The molecule has 3 aliphatic rings. The number of alkyl halides is 3. The summed E-state index contributed by atoms with van der Waals surface area (Å²) in [7, 11) is 0. The molecule has 0 atom stereocenters. The highest BCUT2D eigenvalue weighted by Crippen LogP contribution is 2.47. The molecule has 3 nitrogen and oxygen atoms in total. The van der Waals surface area contributed by atoms with Crippen LogP contribution in [0.2, 0.25) is 0 Å². The number of benzene rings is 2. The summed E-state index contributed by atoms with van der Waals surface area (Å²) >= 11 is 0. The lowest BCUT2D eigenvalue weighted by Crippen LogP contribution is -2.39. The third-order valence-electron chi connectivity index (χ3n) is 6.72. The average molecular weight is 427 g/mol. The van der Waals surface area contributed by atoms with Crippen molar-refractivity contribution in [2.24, 2.45) is 0 Å². The van der Waals surface area contributed by atoms with Gasteiger partial charge in [0.25, 0.3) is 0 Å². The maximum atomic E-state index is 13.3. The molecule has 6 heteroatoms. The van der Waals surface area contributed by atoms with Crippen LogP contribution in [0.3, 0.4) is 0 Å². The molecule has 0 saturated heterocycles. The second kappa shape index (κ2) is 7.23. The molecule has 2 aromatic carbocycles. The van der Waals surface area contributed by atoms with Crippen LogP contribution in [0.1, 0.15) is 65.5 Å². The Labute approximate surface area is 179 Å². The first-order valence-corrected chi connectivity index (χ1v) is 10.7. The van der Waals surface area contributed by atoms with Gasteiger partial charge in [-0.15, -0.1) is 0 Å². The molecule has 1 N–H and O–H groups in total. The Balaban J connectivity index is 1.64. The van der Waals surface area contributed by atoms with Crippen molar-refractivity contribution in [3.63, 3.8) is 0 Å². The molecular formula is C25H24F3NO2. The number of hydrogen-bond donors (Lipinski definition) is 1. The minimum absolute atomic E-state index is 0.0121. The molecule has 1 amide bonds. The van der Waals surface area contributed by atoms with Crippen molar-refractivity contribution < 1.29 is 22.7 Å². The second-order valence-electron chi connectivity index (χ2n) is 8.97. The molecule has 2 aliphatic heterocycles. The van der Waals surface area contributed by atoms with Gasteiger partial charge in [-0.05, 0) is 84.2 Å². The summed E-state index contributed by atoms with van der Waals surface area (Å²) in [5.74, 6) is 0.0121. The molecule has 31 heavy (non-hydrogen) atoms. The zero-order valence-corrected chi connectivity index (χ0v) is 17.4. The van der Waals surface area contributed by atoms with Crippen molar-refractivity contribution in [3.05, 3.63) is 63.7 Å². The Morgan fingerprint density at radius 1 is 1.13 bits per heavy atom. The van der Waals surface area contributed by atoms with Crippen molar-refractivity contribution in [2.75, 3.05) is 5.32 Å².